The van der Waals surface area contributed by atoms with Gasteiger partial charge in [0, 0.05) is 12.1 Å². The molecule has 7 heteroatoms. The fourth-order valence-corrected chi connectivity index (χ4v) is 2.64. The van der Waals surface area contributed by atoms with Crippen molar-refractivity contribution in [3.63, 3.8) is 0 Å². The predicted molar refractivity (Wildman–Crippen MR) is 79.2 cm³/mol. The normalized spacial score (nSPS) is 14.3. The molecule has 0 aliphatic rings. The Hall–Kier alpha value is -1.44. The summed E-state index contributed by atoms with van der Waals surface area (Å²) in [5, 5.41) is 15.5. The molecule has 0 aromatic carbocycles. The molecule has 0 spiro atoms. The highest BCUT2D eigenvalue weighted by molar-refractivity contribution is 7.16. The van der Waals surface area contributed by atoms with Crippen LogP contribution in [-0.2, 0) is 0 Å². The van der Waals surface area contributed by atoms with Crippen LogP contribution in [0.1, 0.15) is 26.7 Å². The monoisotopic (exact) mass is 281 g/mol. The van der Waals surface area contributed by atoms with Crippen LogP contribution in [0.5, 0.6) is 0 Å². The highest BCUT2D eigenvalue weighted by Crippen LogP contribution is 2.29. The fraction of sp³-hybridized carbons (Fsp3) is 0.500. The van der Waals surface area contributed by atoms with Gasteiger partial charge in [-0.25, -0.2) is 10.8 Å². The topological polar surface area (TPSA) is 96.1 Å². The van der Waals surface area contributed by atoms with Crippen LogP contribution in [0.15, 0.2) is 11.4 Å². The highest BCUT2D eigenvalue weighted by Gasteiger charge is 2.23. The van der Waals surface area contributed by atoms with E-state index in [-0.39, 0.29) is 12.1 Å². The van der Waals surface area contributed by atoms with Gasteiger partial charge in [-0.2, -0.15) is 4.98 Å². The van der Waals surface area contributed by atoms with Crippen molar-refractivity contribution in [1.29, 1.82) is 0 Å². The summed E-state index contributed by atoms with van der Waals surface area (Å²) in [4.78, 5) is 9.55. The summed E-state index contributed by atoms with van der Waals surface area (Å²) >= 11 is 1.54. The van der Waals surface area contributed by atoms with Gasteiger partial charge in [-0.15, -0.1) is 11.3 Å². The van der Waals surface area contributed by atoms with Crippen molar-refractivity contribution >= 4 is 33.3 Å². The van der Waals surface area contributed by atoms with Crippen molar-refractivity contribution < 1.29 is 5.11 Å². The van der Waals surface area contributed by atoms with E-state index >= 15 is 0 Å². The number of aromatic nitrogens is 2. The molecule has 1 unspecified atom stereocenters. The Morgan fingerprint density at radius 1 is 1.47 bits per heavy atom. The number of hydrogen-bond acceptors (Lipinski definition) is 7. The van der Waals surface area contributed by atoms with E-state index in [9.17, 15) is 5.11 Å². The maximum atomic E-state index is 9.18. The number of hydrazine groups is 1. The van der Waals surface area contributed by atoms with E-state index in [1.54, 1.807) is 11.3 Å². The van der Waals surface area contributed by atoms with Gasteiger partial charge < -0.3 is 10.4 Å². The van der Waals surface area contributed by atoms with Gasteiger partial charge >= 0.3 is 0 Å². The van der Waals surface area contributed by atoms with Crippen LogP contribution >= 0.6 is 11.3 Å². The van der Waals surface area contributed by atoms with Crippen molar-refractivity contribution in [1.82, 2.24) is 9.97 Å². The number of nitrogens with one attached hydrogen (secondary N) is 2. The van der Waals surface area contributed by atoms with E-state index in [0.29, 0.717) is 12.4 Å². The van der Waals surface area contributed by atoms with Crippen LogP contribution in [0, 0.1) is 0 Å². The Labute approximate surface area is 116 Å². The number of anilines is 2. The zero-order chi connectivity index (χ0) is 13.9. The molecule has 0 bridgehead atoms. The number of hydrogen-bond donors (Lipinski definition) is 4. The van der Waals surface area contributed by atoms with E-state index in [2.05, 4.69) is 34.6 Å². The Morgan fingerprint density at radius 3 is 2.89 bits per heavy atom. The molecule has 104 valence electrons. The molecule has 0 saturated carbocycles. The average Bonchev–Trinajstić information content (AvgIpc) is 2.87. The minimum atomic E-state index is -0.205. The number of fused-ring (bicyclic) bond motifs is 1. The fourth-order valence-electron chi connectivity index (χ4n) is 1.88. The number of aliphatic hydroxyl groups excluding tert-OH is 1. The van der Waals surface area contributed by atoms with Gasteiger partial charge in [0.2, 0.25) is 5.95 Å². The Kier molecular flexibility index (Phi) is 4.18. The molecule has 1 atom stereocenters. The van der Waals surface area contributed by atoms with E-state index < -0.39 is 0 Å². The molecule has 6 nitrogen and oxygen atoms in total. The molecular formula is C12H19N5OS. The van der Waals surface area contributed by atoms with Crippen LogP contribution in [0.2, 0.25) is 0 Å². The second-order valence-corrected chi connectivity index (χ2v) is 5.59. The first kappa shape index (κ1) is 14.0. The van der Waals surface area contributed by atoms with Crippen LogP contribution in [0.25, 0.3) is 10.2 Å². The number of nitrogen functional groups attached to an aromatic ring is 1. The molecule has 0 amide bonds. The van der Waals surface area contributed by atoms with Crippen molar-refractivity contribution in [2.45, 2.75) is 32.2 Å². The number of rotatable bonds is 6. The average molecular weight is 281 g/mol. The molecule has 5 N–H and O–H groups in total. The van der Waals surface area contributed by atoms with E-state index in [0.717, 1.165) is 22.5 Å². The van der Waals surface area contributed by atoms with Crippen molar-refractivity contribution in [3.05, 3.63) is 11.4 Å². The van der Waals surface area contributed by atoms with Gasteiger partial charge in [0.1, 0.15) is 10.6 Å². The third-order valence-electron chi connectivity index (χ3n) is 3.32. The molecule has 0 aliphatic heterocycles. The number of thiophene rings is 1. The number of nitrogens with two attached hydrogens (primary N) is 1. The summed E-state index contributed by atoms with van der Waals surface area (Å²) in [6.07, 6.45) is 1.54. The standard InChI is InChI=1S/C12H19N5OS/c1-3-12(2,5-6-18)16-9-8-4-7-19-10(8)15-11(14-9)17-13/h4,7,18H,3,5-6,13H2,1-2H3,(H2,14,15,16,17). The van der Waals surface area contributed by atoms with Crippen LogP contribution in [-0.4, -0.2) is 27.2 Å². The zero-order valence-electron chi connectivity index (χ0n) is 11.1. The lowest BCUT2D eigenvalue weighted by Crippen LogP contribution is -2.35. The van der Waals surface area contributed by atoms with E-state index in [4.69, 9.17) is 5.84 Å². The second-order valence-electron chi connectivity index (χ2n) is 4.69. The maximum Gasteiger partial charge on any atom is 0.240 e. The van der Waals surface area contributed by atoms with E-state index in [1.165, 1.54) is 0 Å². The zero-order valence-corrected chi connectivity index (χ0v) is 11.9. The van der Waals surface area contributed by atoms with Gasteiger partial charge in [-0.1, -0.05) is 6.92 Å². The third-order valence-corrected chi connectivity index (χ3v) is 4.12. The summed E-state index contributed by atoms with van der Waals surface area (Å²) in [7, 11) is 0. The first-order valence-corrected chi connectivity index (χ1v) is 7.11. The summed E-state index contributed by atoms with van der Waals surface area (Å²) < 4.78 is 0. The molecule has 19 heavy (non-hydrogen) atoms. The summed E-state index contributed by atoms with van der Waals surface area (Å²) in [6.45, 7) is 4.28. The molecule has 0 saturated heterocycles. The molecule has 0 aliphatic carbocycles. The number of aliphatic hydroxyl groups is 1. The van der Waals surface area contributed by atoms with Gasteiger partial charge in [0.15, 0.2) is 0 Å². The van der Waals surface area contributed by atoms with Crippen LogP contribution < -0.4 is 16.6 Å². The van der Waals surface area contributed by atoms with Crippen molar-refractivity contribution in [2.75, 3.05) is 17.3 Å². The quantitative estimate of drug-likeness (QED) is 0.477. The molecule has 2 aromatic heterocycles. The lowest BCUT2D eigenvalue weighted by Gasteiger charge is -2.30. The largest absolute Gasteiger partial charge is 0.396 e. The summed E-state index contributed by atoms with van der Waals surface area (Å²) in [6, 6.07) is 1.98. The summed E-state index contributed by atoms with van der Waals surface area (Å²) in [5.74, 6) is 6.53. The Balaban J connectivity index is 2.40. The van der Waals surface area contributed by atoms with Gasteiger partial charge in [-0.05, 0) is 31.2 Å². The molecule has 0 fully saturated rings. The van der Waals surface area contributed by atoms with Crippen molar-refractivity contribution in [2.24, 2.45) is 5.84 Å². The SMILES string of the molecule is CCC(C)(CCO)Nc1nc(NN)nc2sccc12. The summed E-state index contributed by atoms with van der Waals surface area (Å²) in [5.41, 5.74) is 2.28. The van der Waals surface area contributed by atoms with Crippen LogP contribution in [0.4, 0.5) is 11.8 Å². The van der Waals surface area contributed by atoms with Gasteiger partial charge in [-0.3, -0.25) is 5.43 Å². The molecule has 2 aromatic rings. The second kappa shape index (κ2) is 5.68. The van der Waals surface area contributed by atoms with Crippen molar-refractivity contribution in [3.8, 4) is 0 Å². The molecular weight excluding hydrogens is 262 g/mol. The molecule has 2 heterocycles. The highest BCUT2D eigenvalue weighted by atomic mass is 32.1. The smallest absolute Gasteiger partial charge is 0.240 e. The van der Waals surface area contributed by atoms with E-state index in [1.807, 2.05) is 11.4 Å². The Morgan fingerprint density at radius 2 is 2.26 bits per heavy atom. The first-order valence-electron chi connectivity index (χ1n) is 6.23. The number of nitrogens with zero attached hydrogens (tertiary/aromatic N) is 2. The van der Waals surface area contributed by atoms with Gasteiger partial charge in [0.25, 0.3) is 0 Å². The predicted octanol–water partition coefficient (Wildman–Crippen LogP) is 1.94. The third kappa shape index (κ3) is 2.94. The maximum absolute atomic E-state index is 9.18. The minimum absolute atomic E-state index is 0.136. The van der Waals surface area contributed by atoms with Gasteiger partial charge in [0.05, 0.1) is 5.39 Å². The first-order chi connectivity index (χ1) is 9.11. The van der Waals surface area contributed by atoms with Crippen LogP contribution in [0.3, 0.4) is 0 Å². The molecule has 2 rings (SSSR count). The minimum Gasteiger partial charge on any atom is -0.396 e. The molecule has 0 radical (unpaired) electrons. The lowest BCUT2D eigenvalue weighted by atomic mass is 9.95. The lowest BCUT2D eigenvalue weighted by molar-refractivity contribution is 0.252. The Bertz CT molecular complexity index is 558.